The number of aliphatic hydroxyl groups is 2. The zero-order valence-electron chi connectivity index (χ0n) is 22.1. The number of rotatable bonds is 14. The minimum Gasteiger partial charge on any atom is -0.395 e. The Hall–Kier alpha value is -2.60. The molecular weight excluding hydrogens is 479 g/mol. The topological polar surface area (TPSA) is 158 Å². The lowest BCUT2D eigenvalue weighted by Gasteiger charge is -2.43. The maximum Gasteiger partial charge on any atom is 0.251 e. The number of halogens is 1. The molecule has 1 aromatic rings. The number of alkyl halides is 1. The van der Waals surface area contributed by atoms with Crippen molar-refractivity contribution in [1.82, 2.24) is 15.1 Å². The Labute approximate surface area is 218 Å². The average Bonchev–Trinajstić information content (AvgIpc) is 3.26. The first kappa shape index (κ1) is 30.6. The highest BCUT2D eigenvalue weighted by Crippen LogP contribution is 2.32. The van der Waals surface area contributed by atoms with Crippen molar-refractivity contribution in [2.24, 2.45) is 27.8 Å². The number of carbonyl (C=O) groups excluding carboxylic acids is 2. The van der Waals surface area contributed by atoms with Gasteiger partial charge in [-0.1, -0.05) is 44.2 Å². The van der Waals surface area contributed by atoms with Gasteiger partial charge >= 0.3 is 0 Å². The van der Waals surface area contributed by atoms with Crippen molar-refractivity contribution in [3.8, 4) is 0 Å². The third-order valence-corrected chi connectivity index (χ3v) is 6.68. The molecule has 0 aromatic heterocycles. The molecule has 2 rings (SSSR count). The first-order chi connectivity index (χ1) is 17.5. The number of amides is 2. The predicted molar refractivity (Wildman–Crippen MR) is 141 cm³/mol. The fourth-order valence-electron chi connectivity index (χ4n) is 4.77. The van der Waals surface area contributed by atoms with Gasteiger partial charge in [0.05, 0.1) is 19.2 Å². The summed E-state index contributed by atoms with van der Waals surface area (Å²) in [5.74, 6) is -1.26. The average molecular weight is 523 g/mol. The van der Waals surface area contributed by atoms with Gasteiger partial charge in [-0.3, -0.25) is 14.6 Å². The minimum absolute atomic E-state index is 0.00486. The molecule has 7 N–H and O–H groups in total. The predicted octanol–water partition coefficient (Wildman–Crippen LogP) is -0.125. The smallest absolute Gasteiger partial charge is 0.251 e. The summed E-state index contributed by atoms with van der Waals surface area (Å²) in [4.78, 5) is 33.9. The molecule has 10 nitrogen and oxygen atoms in total. The zero-order valence-corrected chi connectivity index (χ0v) is 22.1. The van der Waals surface area contributed by atoms with Gasteiger partial charge in [0.2, 0.25) is 5.91 Å². The highest BCUT2D eigenvalue weighted by molar-refractivity contribution is 5.93. The quantitative estimate of drug-likeness (QED) is 0.168. The molecule has 1 fully saturated rings. The lowest BCUT2D eigenvalue weighted by molar-refractivity contribution is -0.145. The van der Waals surface area contributed by atoms with Gasteiger partial charge in [-0.25, -0.2) is 4.39 Å². The number of aliphatic imine (C=N–C) groups is 1. The van der Waals surface area contributed by atoms with Gasteiger partial charge < -0.3 is 36.8 Å². The van der Waals surface area contributed by atoms with E-state index in [1.54, 1.807) is 13.8 Å². The third kappa shape index (κ3) is 8.74. The fraction of sp³-hybridized carbons (Fsp3) is 0.654. The fourth-order valence-corrected chi connectivity index (χ4v) is 4.77. The van der Waals surface area contributed by atoms with E-state index in [2.05, 4.69) is 10.3 Å². The summed E-state index contributed by atoms with van der Waals surface area (Å²) in [7, 11) is 0. The van der Waals surface area contributed by atoms with Gasteiger partial charge in [-0.15, -0.1) is 0 Å². The minimum atomic E-state index is -1.36. The molecule has 11 heteroatoms. The van der Waals surface area contributed by atoms with Gasteiger partial charge in [-0.2, -0.15) is 0 Å². The molecule has 4 unspecified atom stereocenters. The number of hydrogen-bond donors (Lipinski definition) is 5. The van der Waals surface area contributed by atoms with Crippen molar-refractivity contribution in [3.05, 3.63) is 35.9 Å². The van der Waals surface area contributed by atoms with Crippen molar-refractivity contribution in [3.63, 3.8) is 0 Å². The lowest BCUT2D eigenvalue weighted by Crippen LogP contribution is -2.59. The second-order valence-electron chi connectivity index (χ2n) is 10.3. The number of hydrogen-bond acceptors (Lipinski definition) is 7. The van der Waals surface area contributed by atoms with Crippen LogP contribution < -0.4 is 16.8 Å². The largest absolute Gasteiger partial charge is 0.395 e. The maximum absolute atomic E-state index is 14.6. The first-order valence-corrected chi connectivity index (χ1v) is 12.8. The molecule has 1 aliphatic rings. The van der Waals surface area contributed by atoms with Crippen LogP contribution in [0.3, 0.4) is 0 Å². The summed E-state index contributed by atoms with van der Waals surface area (Å²) in [5, 5.41) is 22.6. The van der Waals surface area contributed by atoms with Crippen molar-refractivity contribution < 1.29 is 24.2 Å². The second-order valence-corrected chi connectivity index (χ2v) is 10.3. The van der Waals surface area contributed by atoms with E-state index in [-0.39, 0.29) is 64.0 Å². The summed E-state index contributed by atoms with van der Waals surface area (Å²) in [6.45, 7) is 6.17. The molecule has 37 heavy (non-hydrogen) atoms. The molecular formula is C26H43FN6O4. The Morgan fingerprint density at radius 3 is 2.46 bits per heavy atom. The van der Waals surface area contributed by atoms with Gasteiger partial charge in [0, 0.05) is 57.0 Å². The molecule has 1 saturated heterocycles. The second kappa shape index (κ2) is 14.4. The van der Waals surface area contributed by atoms with Crippen LogP contribution in [-0.2, 0) is 16.1 Å². The third-order valence-electron chi connectivity index (χ3n) is 6.68. The van der Waals surface area contributed by atoms with Gasteiger partial charge in [-0.05, 0) is 12.5 Å². The highest BCUT2D eigenvalue weighted by atomic mass is 19.1. The number of nitrogens with zero attached hydrogens (tertiary/aromatic N) is 3. The molecule has 208 valence electrons. The van der Waals surface area contributed by atoms with Gasteiger partial charge in [0.15, 0.2) is 0 Å². The van der Waals surface area contributed by atoms with Gasteiger partial charge in [0.1, 0.15) is 18.1 Å². The van der Waals surface area contributed by atoms with E-state index < -0.39 is 35.6 Å². The van der Waals surface area contributed by atoms with Crippen LogP contribution in [0, 0.1) is 11.3 Å². The van der Waals surface area contributed by atoms with Crippen LogP contribution in [-0.4, -0.2) is 102 Å². The molecule has 1 heterocycles. The molecule has 1 aromatic carbocycles. The Balaban J connectivity index is 2.48. The number of benzene rings is 1. The standard InChI is InChI=1S/C26H43FN6O4/c1-18(35)25(37)33(17-20-15-30-16-21(20)27)23(24(29)31-14-19-7-5-4-6-8-19)26(2,3)13-22(36)32(10-9-28)11-12-34/h4-8,18,20-21,23,30,34-35H,9-17,28H2,1-3H3,(H2,29,31). The number of carbonyl (C=O) groups is 2. The molecule has 0 saturated carbocycles. The van der Waals surface area contributed by atoms with Gasteiger partial charge in [0.25, 0.3) is 5.91 Å². The van der Waals surface area contributed by atoms with E-state index in [9.17, 15) is 24.2 Å². The summed E-state index contributed by atoms with van der Waals surface area (Å²) >= 11 is 0. The Kier molecular flexibility index (Phi) is 11.9. The van der Waals surface area contributed by atoms with Crippen LogP contribution >= 0.6 is 0 Å². The summed E-state index contributed by atoms with van der Waals surface area (Å²) in [6, 6.07) is 8.55. The van der Waals surface area contributed by atoms with E-state index in [4.69, 9.17) is 11.5 Å². The van der Waals surface area contributed by atoms with Crippen molar-refractivity contribution in [1.29, 1.82) is 0 Å². The molecule has 0 radical (unpaired) electrons. The molecule has 0 spiro atoms. The molecule has 4 atom stereocenters. The Bertz CT molecular complexity index is 892. The summed E-state index contributed by atoms with van der Waals surface area (Å²) in [6.07, 6.45) is -2.56. The van der Waals surface area contributed by atoms with Crippen LogP contribution in [0.4, 0.5) is 4.39 Å². The van der Waals surface area contributed by atoms with Crippen LogP contribution in [0.2, 0.25) is 0 Å². The maximum atomic E-state index is 14.6. The number of aliphatic hydroxyl groups excluding tert-OH is 2. The molecule has 0 aliphatic carbocycles. The molecule has 0 bridgehead atoms. The van der Waals surface area contributed by atoms with Crippen LogP contribution in [0.1, 0.15) is 32.8 Å². The SMILES string of the molecule is CC(O)C(=O)N(CC1CNCC1F)C(C(N)=NCc1ccccc1)C(C)(C)CC(=O)N(CCN)CCO. The first-order valence-electron chi connectivity index (χ1n) is 12.8. The van der Waals surface area contributed by atoms with E-state index >= 15 is 0 Å². The lowest BCUT2D eigenvalue weighted by atomic mass is 9.78. The van der Waals surface area contributed by atoms with Crippen LogP contribution in [0.15, 0.2) is 35.3 Å². The number of amidine groups is 1. The normalized spacial score (nSPS) is 19.9. The number of nitrogens with one attached hydrogen (secondary N) is 1. The van der Waals surface area contributed by atoms with Crippen LogP contribution in [0.5, 0.6) is 0 Å². The monoisotopic (exact) mass is 522 g/mol. The van der Waals surface area contributed by atoms with E-state index in [0.29, 0.717) is 6.54 Å². The summed E-state index contributed by atoms with van der Waals surface area (Å²) in [5.41, 5.74) is 12.2. The van der Waals surface area contributed by atoms with E-state index in [0.717, 1.165) is 5.56 Å². The zero-order chi connectivity index (χ0) is 27.6. The number of nitrogens with two attached hydrogens (primary N) is 2. The van der Waals surface area contributed by atoms with E-state index in [1.165, 1.54) is 16.7 Å². The van der Waals surface area contributed by atoms with Crippen LogP contribution in [0.25, 0.3) is 0 Å². The van der Waals surface area contributed by atoms with Crippen molar-refractivity contribution >= 4 is 17.6 Å². The van der Waals surface area contributed by atoms with E-state index in [1.807, 2.05) is 30.3 Å². The molecule has 1 aliphatic heterocycles. The molecule has 2 amide bonds. The van der Waals surface area contributed by atoms with Crippen molar-refractivity contribution in [2.45, 2.75) is 52.1 Å². The highest BCUT2D eigenvalue weighted by Gasteiger charge is 2.44. The van der Waals surface area contributed by atoms with Crippen molar-refractivity contribution in [2.75, 3.05) is 45.9 Å². The summed E-state index contributed by atoms with van der Waals surface area (Å²) < 4.78 is 14.6. The Morgan fingerprint density at radius 1 is 1.24 bits per heavy atom. The Morgan fingerprint density at radius 2 is 1.92 bits per heavy atom.